The topological polar surface area (TPSA) is 43.4 Å². The number of halogens is 1. The minimum absolute atomic E-state index is 0.00296. The Bertz CT molecular complexity index is 490. The van der Waals surface area contributed by atoms with Crippen molar-refractivity contribution in [1.82, 2.24) is 0 Å². The molecule has 0 saturated heterocycles. The lowest BCUT2D eigenvalue weighted by atomic mass is 10.1. The van der Waals surface area contributed by atoms with Crippen LogP contribution in [0.1, 0.15) is 26.3 Å². The minimum Gasteiger partial charge on any atom is -0.459 e. The molecule has 0 spiro atoms. The van der Waals surface area contributed by atoms with Gasteiger partial charge in [-0.25, -0.2) is 4.79 Å². The van der Waals surface area contributed by atoms with Gasteiger partial charge in [0, 0.05) is 5.02 Å². The van der Waals surface area contributed by atoms with E-state index in [1.54, 1.807) is 38.1 Å². The van der Waals surface area contributed by atoms with Gasteiger partial charge in [0.05, 0.1) is 6.10 Å². The molecule has 0 aliphatic carbocycles. The van der Waals surface area contributed by atoms with Crippen LogP contribution in [0.15, 0.2) is 29.8 Å². The molecule has 96 valence electrons. The van der Waals surface area contributed by atoms with E-state index in [1.807, 2.05) is 0 Å². The number of carbonyl (C=O) groups excluding carboxylic acids is 2. The highest BCUT2D eigenvalue weighted by molar-refractivity contribution is 6.32. The zero-order valence-electron chi connectivity index (χ0n) is 10.6. The number of rotatable bonds is 4. The first-order chi connectivity index (χ1) is 8.41. The number of hydrogen-bond acceptors (Lipinski definition) is 3. The monoisotopic (exact) mass is 266 g/mol. The summed E-state index contributed by atoms with van der Waals surface area (Å²) in [5.41, 5.74) is 0.613. The van der Waals surface area contributed by atoms with Crippen LogP contribution in [0.2, 0.25) is 5.02 Å². The van der Waals surface area contributed by atoms with Gasteiger partial charge in [-0.05, 0) is 38.5 Å². The smallest absolute Gasteiger partial charge is 0.342 e. The van der Waals surface area contributed by atoms with E-state index in [1.165, 1.54) is 13.0 Å². The number of benzene rings is 1. The third-order valence-corrected chi connectivity index (χ3v) is 2.49. The lowest BCUT2D eigenvalue weighted by Gasteiger charge is -2.09. The Morgan fingerprint density at radius 3 is 2.39 bits per heavy atom. The van der Waals surface area contributed by atoms with Crippen molar-refractivity contribution in [2.75, 3.05) is 0 Å². The third kappa shape index (κ3) is 4.00. The number of hydrogen-bond donors (Lipinski definition) is 0. The first-order valence-corrected chi connectivity index (χ1v) is 5.97. The summed E-state index contributed by atoms with van der Waals surface area (Å²) < 4.78 is 5.01. The molecule has 0 saturated carbocycles. The van der Waals surface area contributed by atoms with Gasteiger partial charge in [-0.1, -0.05) is 29.8 Å². The van der Waals surface area contributed by atoms with Crippen molar-refractivity contribution in [2.45, 2.75) is 26.9 Å². The van der Waals surface area contributed by atoms with Crippen LogP contribution in [0.3, 0.4) is 0 Å². The van der Waals surface area contributed by atoms with E-state index in [9.17, 15) is 9.59 Å². The Labute approximate surface area is 111 Å². The Morgan fingerprint density at radius 1 is 1.28 bits per heavy atom. The lowest BCUT2D eigenvalue weighted by molar-refractivity contribution is -0.143. The molecule has 0 radical (unpaired) electrons. The average Bonchev–Trinajstić information content (AvgIpc) is 2.26. The molecule has 0 bridgehead atoms. The van der Waals surface area contributed by atoms with Gasteiger partial charge in [-0.3, -0.25) is 4.79 Å². The van der Waals surface area contributed by atoms with Crippen molar-refractivity contribution in [3.63, 3.8) is 0 Å². The SMILES string of the molecule is CC(=O)/C(=C\c1ccccc1Cl)C(=O)OC(C)C. The van der Waals surface area contributed by atoms with E-state index in [4.69, 9.17) is 16.3 Å². The summed E-state index contributed by atoms with van der Waals surface area (Å²) in [7, 11) is 0. The van der Waals surface area contributed by atoms with E-state index in [2.05, 4.69) is 0 Å². The van der Waals surface area contributed by atoms with Crippen molar-refractivity contribution in [2.24, 2.45) is 0 Å². The molecule has 18 heavy (non-hydrogen) atoms. The third-order valence-electron chi connectivity index (χ3n) is 2.15. The quantitative estimate of drug-likeness (QED) is 0.364. The molecule has 1 aromatic carbocycles. The molecular weight excluding hydrogens is 252 g/mol. The Balaban J connectivity index is 3.10. The second-order valence-electron chi connectivity index (χ2n) is 4.09. The lowest BCUT2D eigenvalue weighted by Crippen LogP contribution is -2.17. The van der Waals surface area contributed by atoms with E-state index in [0.29, 0.717) is 10.6 Å². The molecule has 0 aliphatic heterocycles. The van der Waals surface area contributed by atoms with Crippen LogP contribution in [0, 0.1) is 0 Å². The number of ether oxygens (including phenoxy) is 1. The van der Waals surface area contributed by atoms with Gasteiger partial charge in [-0.2, -0.15) is 0 Å². The molecule has 0 aromatic heterocycles. The van der Waals surface area contributed by atoms with Crippen LogP contribution in [-0.2, 0) is 14.3 Å². The Morgan fingerprint density at radius 2 is 1.89 bits per heavy atom. The predicted molar refractivity (Wildman–Crippen MR) is 71.3 cm³/mol. The van der Waals surface area contributed by atoms with Gasteiger partial charge in [0.15, 0.2) is 5.78 Å². The first-order valence-electron chi connectivity index (χ1n) is 5.60. The maximum atomic E-state index is 11.8. The van der Waals surface area contributed by atoms with E-state index < -0.39 is 5.97 Å². The average molecular weight is 267 g/mol. The van der Waals surface area contributed by atoms with E-state index in [0.717, 1.165) is 0 Å². The summed E-state index contributed by atoms with van der Waals surface area (Å²) in [5.74, 6) is -0.974. The summed E-state index contributed by atoms with van der Waals surface area (Å²) >= 11 is 5.98. The molecule has 3 nitrogen and oxygen atoms in total. The molecule has 0 unspecified atom stereocenters. The fraction of sp³-hybridized carbons (Fsp3) is 0.286. The molecule has 0 N–H and O–H groups in total. The second kappa shape index (κ2) is 6.36. The van der Waals surface area contributed by atoms with Gasteiger partial charge in [0.2, 0.25) is 0 Å². The standard InChI is InChI=1S/C14H15ClO3/c1-9(2)18-14(17)12(10(3)16)8-11-6-4-5-7-13(11)15/h4-9H,1-3H3/b12-8+. The largest absolute Gasteiger partial charge is 0.459 e. The Hall–Kier alpha value is -1.61. The maximum absolute atomic E-state index is 11.8. The van der Waals surface area contributed by atoms with Crippen LogP contribution in [0.5, 0.6) is 0 Å². The number of Topliss-reactive ketones (excluding diaryl/α,β-unsaturated/α-hetero) is 1. The van der Waals surface area contributed by atoms with Crippen molar-refractivity contribution in [1.29, 1.82) is 0 Å². The highest BCUT2D eigenvalue weighted by atomic mass is 35.5. The van der Waals surface area contributed by atoms with Crippen molar-refractivity contribution in [3.05, 3.63) is 40.4 Å². The van der Waals surface area contributed by atoms with Crippen LogP contribution < -0.4 is 0 Å². The van der Waals surface area contributed by atoms with E-state index >= 15 is 0 Å². The summed E-state index contributed by atoms with van der Waals surface area (Å²) in [4.78, 5) is 23.2. The summed E-state index contributed by atoms with van der Waals surface area (Å²) in [6, 6.07) is 6.98. The second-order valence-corrected chi connectivity index (χ2v) is 4.50. The van der Waals surface area contributed by atoms with Crippen molar-refractivity contribution >= 4 is 29.4 Å². The normalized spacial score (nSPS) is 11.5. The highest BCUT2D eigenvalue weighted by Gasteiger charge is 2.17. The molecule has 4 heteroatoms. The summed E-state index contributed by atoms with van der Waals surface area (Å²) in [6.07, 6.45) is 1.18. The molecule has 0 aliphatic rings. The molecular formula is C14H15ClO3. The molecule has 0 fully saturated rings. The van der Waals surface area contributed by atoms with Crippen LogP contribution in [-0.4, -0.2) is 17.9 Å². The van der Waals surface area contributed by atoms with Gasteiger partial charge >= 0.3 is 5.97 Å². The van der Waals surface area contributed by atoms with Gasteiger partial charge in [0.1, 0.15) is 5.57 Å². The van der Waals surface area contributed by atoms with Crippen molar-refractivity contribution in [3.8, 4) is 0 Å². The minimum atomic E-state index is -0.627. The highest BCUT2D eigenvalue weighted by Crippen LogP contribution is 2.19. The van der Waals surface area contributed by atoms with Crippen molar-refractivity contribution < 1.29 is 14.3 Å². The van der Waals surface area contributed by atoms with Gasteiger partial charge in [-0.15, -0.1) is 0 Å². The number of ketones is 1. The van der Waals surface area contributed by atoms with Crippen LogP contribution in [0.4, 0.5) is 0 Å². The number of carbonyl (C=O) groups is 2. The maximum Gasteiger partial charge on any atom is 0.342 e. The summed E-state index contributed by atoms with van der Waals surface area (Å²) in [5, 5.41) is 0.480. The first kappa shape index (κ1) is 14.5. The summed E-state index contributed by atoms with van der Waals surface area (Å²) in [6.45, 7) is 4.78. The van der Waals surface area contributed by atoms with Crippen LogP contribution >= 0.6 is 11.6 Å². The fourth-order valence-electron chi connectivity index (χ4n) is 1.33. The molecule has 1 aromatic rings. The van der Waals surface area contributed by atoms with E-state index in [-0.39, 0.29) is 17.5 Å². The molecule has 1 rings (SSSR count). The number of esters is 1. The zero-order chi connectivity index (χ0) is 13.7. The van der Waals surface area contributed by atoms with Crippen LogP contribution in [0.25, 0.3) is 6.08 Å². The zero-order valence-corrected chi connectivity index (χ0v) is 11.3. The fourth-order valence-corrected chi connectivity index (χ4v) is 1.52. The predicted octanol–water partition coefficient (Wildman–Crippen LogP) is 3.26. The van der Waals surface area contributed by atoms with Gasteiger partial charge < -0.3 is 4.74 Å². The molecule has 0 amide bonds. The Kier molecular flexibility index (Phi) is 5.10. The molecule has 0 atom stereocenters. The molecule has 0 heterocycles. The van der Waals surface area contributed by atoms with Gasteiger partial charge in [0.25, 0.3) is 0 Å².